The molecule has 0 aliphatic heterocycles. The van der Waals surface area contributed by atoms with E-state index in [1.54, 1.807) is 0 Å². The van der Waals surface area contributed by atoms with Crippen LogP contribution in [-0.2, 0) is 19.2 Å². The highest BCUT2D eigenvalue weighted by molar-refractivity contribution is 5.88. The molecule has 6 N–H and O–H groups in total. The Balaban J connectivity index is -0.000000436. The van der Waals surface area contributed by atoms with Gasteiger partial charge in [0.05, 0.1) is 19.4 Å². The number of nitroso groups, excluding NO2 is 1. The fourth-order valence-corrected chi connectivity index (χ4v) is 2.42. The number of hydrogen-bond acceptors (Lipinski definition) is 7. The van der Waals surface area contributed by atoms with Crippen molar-refractivity contribution in [1.29, 1.82) is 0 Å². The lowest BCUT2D eigenvalue weighted by molar-refractivity contribution is -0.170. The van der Waals surface area contributed by atoms with E-state index >= 15 is 0 Å². The maximum atomic E-state index is 10.4. The van der Waals surface area contributed by atoms with Gasteiger partial charge in [-0.05, 0) is 12.8 Å². The molecule has 0 aromatic heterocycles. The molecule has 0 saturated heterocycles. The number of carboxylic acid groups (broad SMARTS) is 3. The number of rotatable bonds is 17. The highest BCUT2D eigenvalue weighted by atomic mass is 16.4. The fourth-order valence-electron chi connectivity index (χ4n) is 2.42. The zero-order valence-electron chi connectivity index (χ0n) is 19.3. The average Bonchev–Trinajstić information content (AvgIpc) is 2.67. The van der Waals surface area contributed by atoms with Crippen LogP contribution in [0.5, 0.6) is 0 Å². The second-order valence-electron chi connectivity index (χ2n) is 7.38. The first-order valence-corrected chi connectivity index (χ1v) is 10.9. The Morgan fingerprint density at radius 2 is 1.16 bits per heavy atom. The predicted molar refractivity (Wildman–Crippen MR) is 119 cm³/mol. The van der Waals surface area contributed by atoms with Crippen LogP contribution in [0, 0.1) is 4.91 Å². The quantitative estimate of drug-likeness (QED) is 0.158. The number of nitrogens with two attached hydrogens (primary N) is 1. The molecule has 0 heterocycles. The Bertz CT molecular complexity index is 523. The lowest BCUT2D eigenvalue weighted by Gasteiger charge is -2.18. The van der Waals surface area contributed by atoms with Crippen LogP contribution in [-0.4, -0.2) is 56.4 Å². The van der Waals surface area contributed by atoms with E-state index in [0.717, 1.165) is 19.3 Å². The van der Waals surface area contributed by atoms with E-state index in [0.29, 0.717) is 13.0 Å². The van der Waals surface area contributed by atoms with Crippen molar-refractivity contribution in [2.75, 3.05) is 6.54 Å². The third kappa shape index (κ3) is 27.4. The Morgan fingerprint density at radius 1 is 0.750 bits per heavy atom. The number of unbranched alkanes of at least 4 members (excludes halogenated alkanes) is 8. The number of carbonyl (C=O) groups excluding carboxylic acids is 1. The smallest absolute Gasteiger partial charge is 0.336 e. The minimum absolute atomic E-state index is 0.159. The number of hydrogen-bond donors (Lipinski definition) is 5. The SMILES string of the molecule is CCCCCCCCCCCC(N)=O.CCCN=O.O=C(O)CC(O)(CC(=O)O)C(=O)O. The van der Waals surface area contributed by atoms with Crippen molar-refractivity contribution in [1.82, 2.24) is 0 Å². The highest BCUT2D eigenvalue weighted by Crippen LogP contribution is 2.15. The van der Waals surface area contributed by atoms with Crippen molar-refractivity contribution in [3.8, 4) is 0 Å². The minimum Gasteiger partial charge on any atom is -0.481 e. The molecule has 0 bridgehead atoms. The summed E-state index contributed by atoms with van der Waals surface area (Å²) in [4.78, 5) is 50.1. The standard InChI is InChI=1S/C12H25NO.C6H8O7.C3H7NO/c1-2-3-4-5-6-7-8-9-10-11-12(13)14;7-3(8)1-6(13,5(11)12)2-4(9)10;1-2-3-4-5/h2-11H2,1H3,(H2,13,14);13H,1-2H2,(H,7,8)(H,9,10)(H,11,12);2-3H2,1H3. The lowest BCUT2D eigenvalue weighted by atomic mass is 9.96. The molecule has 0 unspecified atom stereocenters. The third-order valence-corrected chi connectivity index (χ3v) is 4.13. The van der Waals surface area contributed by atoms with Crippen molar-refractivity contribution in [2.45, 2.75) is 103 Å². The minimum atomic E-state index is -2.74. The monoisotopic (exact) mass is 464 g/mol. The Hall–Kier alpha value is -2.56. The van der Waals surface area contributed by atoms with Gasteiger partial charge >= 0.3 is 17.9 Å². The number of carboxylic acids is 3. The molecular weight excluding hydrogens is 424 g/mol. The van der Waals surface area contributed by atoms with Crippen molar-refractivity contribution in [3.05, 3.63) is 4.91 Å². The van der Waals surface area contributed by atoms with Gasteiger partial charge in [0.1, 0.15) is 0 Å². The van der Waals surface area contributed by atoms with Crippen LogP contribution in [0.2, 0.25) is 0 Å². The van der Waals surface area contributed by atoms with Gasteiger partial charge in [-0.15, -0.1) is 0 Å². The second-order valence-corrected chi connectivity index (χ2v) is 7.38. The van der Waals surface area contributed by atoms with E-state index in [2.05, 4.69) is 12.1 Å². The molecule has 0 spiro atoms. The van der Waals surface area contributed by atoms with Crippen LogP contribution in [0.25, 0.3) is 0 Å². The van der Waals surface area contributed by atoms with Crippen molar-refractivity contribution < 1.29 is 39.6 Å². The molecule has 0 atom stereocenters. The van der Waals surface area contributed by atoms with E-state index in [1.165, 1.54) is 44.9 Å². The first-order chi connectivity index (χ1) is 15.0. The Morgan fingerprint density at radius 3 is 1.41 bits per heavy atom. The summed E-state index contributed by atoms with van der Waals surface area (Å²) in [5, 5.41) is 36.4. The van der Waals surface area contributed by atoms with Crippen molar-refractivity contribution >= 4 is 23.8 Å². The van der Waals surface area contributed by atoms with Gasteiger partial charge in [-0.3, -0.25) is 14.4 Å². The largest absolute Gasteiger partial charge is 0.481 e. The average molecular weight is 465 g/mol. The number of aliphatic hydroxyl groups is 1. The fraction of sp³-hybridized carbons (Fsp3) is 0.810. The van der Waals surface area contributed by atoms with Crippen LogP contribution in [0.1, 0.15) is 97.3 Å². The second kappa shape index (κ2) is 23.1. The van der Waals surface area contributed by atoms with Crippen LogP contribution in [0.3, 0.4) is 0 Å². The molecule has 0 aromatic carbocycles. The van der Waals surface area contributed by atoms with Gasteiger partial charge in [-0.2, -0.15) is 4.91 Å². The predicted octanol–water partition coefficient (Wildman–Crippen LogP) is 3.31. The van der Waals surface area contributed by atoms with Crippen LogP contribution in [0.4, 0.5) is 0 Å². The van der Waals surface area contributed by atoms with E-state index < -0.39 is 36.4 Å². The van der Waals surface area contributed by atoms with E-state index in [1.807, 2.05) is 6.92 Å². The molecule has 0 aliphatic carbocycles. The number of carbonyl (C=O) groups is 4. The number of amides is 1. The zero-order chi connectivity index (χ0) is 25.4. The summed E-state index contributed by atoms with van der Waals surface area (Å²) < 4.78 is 0. The zero-order valence-corrected chi connectivity index (χ0v) is 19.3. The maximum Gasteiger partial charge on any atom is 0.336 e. The normalized spacial score (nSPS) is 10.1. The van der Waals surface area contributed by atoms with Crippen molar-refractivity contribution in [3.63, 3.8) is 0 Å². The summed E-state index contributed by atoms with van der Waals surface area (Å²) in [6.07, 6.45) is 10.7. The first-order valence-electron chi connectivity index (χ1n) is 10.9. The summed E-state index contributed by atoms with van der Waals surface area (Å²) >= 11 is 0. The molecule has 11 nitrogen and oxygen atoms in total. The van der Waals surface area contributed by atoms with Gasteiger partial charge in [0.25, 0.3) is 0 Å². The van der Waals surface area contributed by atoms with Gasteiger partial charge in [-0.1, -0.05) is 70.4 Å². The number of aliphatic carboxylic acids is 3. The van der Waals surface area contributed by atoms with Crippen LogP contribution < -0.4 is 5.73 Å². The highest BCUT2D eigenvalue weighted by Gasteiger charge is 2.40. The molecule has 0 rings (SSSR count). The summed E-state index contributed by atoms with van der Waals surface area (Å²) in [7, 11) is 0. The van der Waals surface area contributed by atoms with Gasteiger partial charge in [0, 0.05) is 6.42 Å². The topological polar surface area (TPSA) is 205 Å². The summed E-state index contributed by atoms with van der Waals surface area (Å²) in [6.45, 7) is 4.62. The van der Waals surface area contributed by atoms with Crippen LogP contribution >= 0.6 is 0 Å². The first kappa shape index (κ1) is 34.1. The molecular formula is C21H40N2O9. The molecule has 0 fully saturated rings. The van der Waals surface area contributed by atoms with Crippen molar-refractivity contribution in [2.24, 2.45) is 10.9 Å². The summed E-state index contributed by atoms with van der Waals surface area (Å²) in [5.74, 6) is -5.18. The van der Waals surface area contributed by atoms with Gasteiger partial charge in [0.2, 0.25) is 5.91 Å². The molecule has 0 aliphatic rings. The molecule has 188 valence electrons. The molecule has 0 saturated carbocycles. The van der Waals surface area contributed by atoms with E-state index in [4.69, 9.17) is 31.1 Å². The molecule has 0 radical (unpaired) electrons. The Kier molecular flexibility index (Phi) is 24.6. The molecule has 11 heteroatoms. The maximum absolute atomic E-state index is 10.4. The number of primary amides is 1. The van der Waals surface area contributed by atoms with Gasteiger partial charge < -0.3 is 26.2 Å². The summed E-state index contributed by atoms with van der Waals surface area (Å²) in [6, 6.07) is 0. The third-order valence-electron chi connectivity index (χ3n) is 4.13. The van der Waals surface area contributed by atoms with Crippen LogP contribution in [0.15, 0.2) is 5.18 Å². The lowest BCUT2D eigenvalue weighted by Crippen LogP contribution is -2.42. The Labute approximate surface area is 189 Å². The van der Waals surface area contributed by atoms with E-state index in [9.17, 15) is 19.2 Å². The molecule has 0 aromatic rings. The number of nitrogens with zero attached hydrogens (tertiary/aromatic N) is 1. The van der Waals surface area contributed by atoms with Gasteiger partial charge in [0.15, 0.2) is 5.60 Å². The molecule has 1 amide bonds. The van der Waals surface area contributed by atoms with E-state index in [-0.39, 0.29) is 5.91 Å². The molecule has 32 heavy (non-hydrogen) atoms. The summed E-state index contributed by atoms with van der Waals surface area (Å²) in [5.41, 5.74) is 2.31. The van der Waals surface area contributed by atoms with Gasteiger partial charge in [-0.25, -0.2) is 4.79 Å².